The van der Waals surface area contributed by atoms with Crippen LogP contribution in [0.25, 0.3) is 0 Å². The molecule has 0 radical (unpaired) electrons. The van der Waals surface area contributed by atoms with Gasteiger partial charge in [-0.05, 0) is 19.9 Å². The van der Waals surface area contributed by atoms with Crippen molar-refractivity contribution >= 4 is 11.3 Å². The molecule has 0 spiro atoms. The van der Waals surface area contributed by atoms with Crippen molar-refractivity contribution < 1.29 is 5.11 Å². The molecule has 0 amide bonds. The van der Waals surface area contributed by atoms with Crippen molar-refractivity contribution in [3.8, 4) is 5.75 Å². The Bertz CT molecular complexity index is 496. The van der Waals surface area contributed by atoms with Gasteiger partial charge in [-0.2, -0.15) is 0 Å². The van der Waals surface area contributed by atoms with Gasteiger partial charge in [0.05, 0.1) is 10.7 Å². The first-order valence-electron chi connectivity index (χ1n) is 5.59. The number of aromatic nitrogens is 1. The Morgan fingerprint density at radius 1 is 1.41 bits per heavy atom. The number of aromatic hydroxyl groups is 1. The van der Waals surface area contributed by atoms with E-state index in [0.717, 1.165) is 22.8 Å². The molecular formula is C13H16N2OS. The van der Waals surface area contributed by atoms with E-state index in [-0.39, 0.29) is 6.04 Å². The van der Waals surface area contributed by atoms with E-state index in [4.69, 9.17) is 0 Å². The summed E-state index contributed by atoms with van der Waals surface area (Å²) in [4.78, 5) is 4.39. The van der Waals surface area contributed by atoms with E-state index in [0.29, 0.717) is 5.75 Å². The first-order chi connectivity index (χ1) is 8.16. The lowest BCUT2D eigenvalue weighted by atomic mass is 10.1. The molecule has 1 unspecified atom stereocenters. The van der Waals surface area contributed by atoms with Crippen LogP contribution in [-0.2, 0) is 6.54 Å². The molecule has 3 nitrogen and oxygen atoms in total. The minimum absolute atomic E-state index is 0.109. The van der Waals surface area contributed by atoms with Gasteiger partial charge in [0.2, 0.25) is 0 Å². The maximum absolute atomic E-state index is 9.73. The number of phenolic OH excluding ortho intramolecular Hbond substituents is 1. The maximum Gasteiger partial charge on any atom is 0.120 e. The van der Waals surface area contributed by atoms with Gasteiger partial charge in [-0.15, -0.1) is 11.3 Å². The van der Waals surface area contributed by atoms with Crippen LogP contribution in [0.3, 0.4) is 0 Å². The van der Waals surface area contributed by atoms with E-state index in [1.54, 1.807) is 17.4 Å². The fourth-order valence-electron chi connectivity index (χ4n) is 1.71. The first kappa shape index (κ1) is 12.1. The Kier molecular flexibility index (Phi) is 3.76. The van der Waals surface area contributed by atoms with Gasteiger partial charge in [-0.3, -0.25) is 0 Å². The molecule has 0 aliphatic rings. The molecular weight excluding hydrogens is 232 g/mol. The second kappa shape index (κ2) is 5.29. The molecule has 0 aliphatic carbocycles. The quantitative estimate of drug-likeness (QED) is 0.874. The smallest absolute Gasteiger partial charge is 0.120 e. The molecule has 2 N–H and O–H groups in total. The van der Waals surface area contributed by atoms with Crippen molar-refractivity contribution in [3.05, 3.63) is 45.9 Å². The highest BCUT2D eigenvalue weighted by molar-refractivity contribution is 7.09. The highest BCUT2D eigenvalue weighted by Crippen LogP contribution is 2.23. The third kappa shape index (κ3) is 3.05. The molecule has 1 heterocycles. The Hall–Kier alpha value is -1.39. The van der Waals surface area contributed by atoms with E-state index >= 15 is 0 Å². The van der Waals surface area contributed by atoms with Gasteiger partial charge < -0.3 is 10.4 Å². The van der Waals surface area contributed by atoms with Crippen LogP contribution in [0.15, 0.2) is 29.6 Å². The maximum atomic E-state index is 9.73. The molecule has 90 valence electrons. The van der Waals surface area contributed by atoms with Crippen molar-refractivity contribution in [1.29, 1.82) is 0 Å². The fourth-order valence-corrected chi connectivity index (χ4v) is 2.32. The molecule has 0 fully saturated rings. The van der Waals surface area contributed by atoms with E-state index in [9.17, 15) is 5.11 Å². The van der Waals surface area contributed by atoms with E-state index in [2.05, 4.69) is 15.7 Å². The third-order valence-electron chi connectivity index (χ3n) is 2.66. The minimum Gasteiger partial charge on any atom is -0.508 e. The number of phenols is 1. The van der Waals surface area contributed by atoms with Gasteiger partial charge in [-0.1, -0.05) is 18.2 Å². The number of hydrogen-bond donors (Lipinski definition) is 2. The predicted molar refractivity (Wildman–Crippen MR) is 70.2 cm³/mol. The summed E-state index contributed by atoms with van der Waals surface area (Å²) < 4.78 is 0. The molecule has 4 heteroatoms. The summed E-state index contributed by atoms with van der Waals surface area (Å²) in [7, 11) is 0. The molecule has 1 atom stereocenters. The van der Waals surface area contributed by atoms with Gasteiger partial charge in [0.15, 0.2) is 0 Å². The average molecular weight is 248 g/mol. The lowest BCUT2D eigenvalue weighted by molar-refractivity contribution is 0.452. The molecule has 2 rings (SSSR count). The van der Waals surface area contributed by atoms with E-state index < -0.39 is 0 Å². The molecule has 2 aromatic rings. The summed E-state index contributed by atoms with van der Waals surface area (Å²) in [6, 6.07) is 7.51. The zero-order chi connectivity index (χ0) is 12.3. The monoisotopic (exact) mass is 248 g/mol. The number of aryl methyl sites for hydroxylation is 1. The molecule has 0 saturated heterocycles. The largest absolute Gasteiger partial charge is 0.508 e. The third-order valence-corrected chi connectivity index (χ3v) is 3.48. The van der Waals surface area contributed by atoms with Crippen molar-refractivity contribution in [1.82, 2.24) is 10.3 Å². The van der Waals surface area contributed by atoms with E-state index in [1.165, 1.54) is 0 Å². The standard InChI is InChI=1S/C13H16N2OS/c1-9(12-5-3-4-6-13(12)16)14-7-11-8-17-10(2)15-11/h3-6,8-9,14,16H,7H2,1-2H3. The van der Waals surface area contributed by atoms with Crippen LogP contribution in [0.2, 0.25) is 0 Å². The first-order valence-corrected chi connectivity index (χ1v) is 6.47. The Balaban J connectivity index is 1.98. The lowest BCUT2D eigenvalue weighted by Gasteiger charge is -2.14. The molecule has 1 aromatic carbocycles. The lowest BCUT2D eigenvalue weighted by Crippen LogP contribution is -2.18. The van der Waals surface area contributed by atoms with Crippen LogP contribution < -0.4 is 5.32 Å². The molecule has 0 aliphatic heterocycles. The molecule has 0 bridgehead atoms. The summed E-state index contributed by atoms with van der Waals surface area (Å²) in [5.74, 6) is 0.335. The van der Waals surface area contributed by atoms with Crippen LogP contribution >= 0.6 is 11.3 Å². The van der Waals surface area contributed by atoms with Crippen molar-refractivity contribution in [3.63, 3.8) is 0 Å². The van der Waals surface area contributed by atoms with Crippen LogP contribution in [0, 0.1) is 6.92 Å². The van der Waals surface area contributed by atoms with Gasteiger partial charge in [0.25, 0.3) is 0 Å². The van der Waals surface area contributed by atoms with Crippen LogP contribution in [0.1, 0.15) is 29.2 Å². The minimum atomic E-state index is 0.109. The molecule has 1 aromatic heterocycles. The topological polar surface area (TPSA) is 45.2 Å². The fraction of sp³-hybridized carbons (Fsp3) is 0.308. The zero-order valence-electron chi connectivity index (χ0n) is 9.97. The van der Waals surface area contributed by atoms with Crippen LogP contribution in [-0.4, -0.2) is 10.1 Å². The number of nitrogens with one attached hydrogen (secondary N) is 1. The zero-order valence-corrected chi connectivity index (χ0v) is 10.8. The second-order valence-electron chi connectivity index (χ2n) is 4.02. The number of para-hydroxylation sites is 1. The number of rotatable bonds is 4. The molecule has 0 saturated carbocycles. The SMILES string of the molecule is Cc1nc(CNC(C)c2ccccc2O)cs1. The van der Waals surface area contributed by atoms with Gasteiger partial charge in [0.1, 0.15) is 5.75 Å². The van der Waals surface area contributed by atoms with Crippen LogP contribution in [0.4, 0.5) is 0 Å². The highest BCUT2D eigenvalue weighted by atomic mass is 32.1. The Morgan fingerprint density at radius 2 is 2.18 bits per heavy atom. The molecule has 17 heavy (non-hydrogen) atoms. The number of benzene rings is 1. The summed E-state index contributed by atoms with van der Waals surface area (Å²) in [5.41, 5.74) is 1.97. The summed E-state index contributed by atoms with van der Waals surface area (Å²) in [5, 5.41) is 16.2. The van der Waals surface area contributed by atoms with Crippen LogP contribution in [0.5, 0.6) is 5.75 Å². The van der Waals surface area contributed by atoms with E-state index in [1.807, 2.05) is 32.0 Å². The highest BCUT2D eigenvalue weighted by Gasteiger charge is 2.09. The van der Waals surface area contributed by atoms with Gasteiger partial charge in [-0.25, -0.2) is 4.98 Å². The number of nitrogens with zero attached hydrogens (tertiary/aromatic N) is 1. The predicted octanol–water partition coefficient (Wildman–Crippen LogP) is 3.01. The van der Waals surface area contributed by atoms with Crippen molar-refractivity contribution in [2.24, 2.45) is 0 Å². The van der Waals surface area contributed by atoms with Crippen molar-refractivity contribution in [2.75, 3.05) is 0 Å². The van der Waals surface area contributed by atoms with Gasteiger partial charge in [0, 0.05) is 23.5 Å². The Morgan fingerprint density at radius 3 is 2.82 bits per heavy atom. The summed E-state index contributed by atoms with van der Waals surface area (Å²) in [6.45, 7) is 4.76. The number of hydrogen-bond acceptors (Lipinski definition) is 4. The second-order valence-corrected chi connectivity index (χ2v) is 5.08. The number of thiazole rings is 1. The summed E-state index contributed by atoms with van der Waals surface area (Å²) >= 11 is 1.65. The summed E-state index contributed by atoms with van der Waals surface area (Å²) in [6.07, 6.45) is 0. The normalized spacial score (nSPS) is 12.6. The Labute approximate surface area is 105 Å². The van der Waals surface area contributed by atoms with Gasteiger partial charge >= 0.3 is 0 Å². The average Bonchev–Trinajstić information content (AvgIpc) is 2.73. The van der Waals surface area contributed by atoms with Crippen molar-refractivity contribution in [2.45, 2.75) is 26.4 Å².